The van der Waals surface area contributed by atoms with Crippen LogP contribution >= 0.6 is 0 Å². The second kappa shape index (κ2) is 16.0. The van der Waals surface area contributed by atoms with Crippen molar-refractivity contribution in [3.05, 3.63) is 65.7 Å². The summed E-state index contributed by atoms with van der Waals surface area (Å²) in [6.45, 7) is 3.05. The largest absolute Gasteiger partial charge is 0.586 e. The predicted molar refractivity (Wildman–Crippen MR) is 162 cm³/mol. The molecule has 0 spiro atoms. The highest BCUT2D eigenvalue weighted by Crippen LogP contribution is 2.43. The molecule has 45 heavy (non-hydrogen) atoms. The molecule has 3 aromatic rings. The lowest BCUT2D eigenvalue weighted by Crippen LogP contribution is -2.25. The first-order valence-electron chi connectivity index (χ1n) is 15.1. The number of rotatable bonds is 19. The molecule has 0 saturated heterocycles. The van der Waals surface area contributed by atoms with Crippen molar-refractivity contribution >= 4 is 11.9 Å². The number of ether oxygens (including phenoxy) is 5. The van der Waals surface area contributed by atoms with E-state index in [1.54, 1.807) is 18.2 Å². The van der Waals surface area contributed by atoms with E-state index in [-0.39, 0.29) is 30.9 Å². The summed E-state index contributed by atoms with van der Waals surface area (Å²) in [5.41, 5.74) is 3.28. The Morgan fingerprint density at radius 1 is 0.733 bits per heavy atom. The van der Waals surface area contributed by atoms with Crippen molar-refractivity contribution in [2.24, 2.45) is 0 Å². The maximum Gasteiger partial charge on any atom is 0.586 e. The van der Waals surface area contributed by atoms with Gasteiger partial charge in [0, 0.05) is 18.9 Å². The molecule has 4 rings (SSSR count). The minimum atomic E-state index is -3.69. The first kappa shape index (κ1) is 33.4. The van der Waals surface area contributed by atoms with E-state index in [0.717, 1.165) is 48.8 Å². The number of benzene rings is 3. The van der Waals surface area contributed by atoms with Gasteiger partial charge < -0.3 is 33.9 Å². The molecule has 0 aromatic heterocycles. The van der Waals surface area contributed by atoms with E-state index < -0.39 is 18.2 Å². The average molecular weight is 629 g/mol. The summed E-state index contributed by atoms with van der Waals surface area (Å²) < 4.78 is 53.6. The van der Waals surface area contributed by atoms with Crippen LogP contribution in [-0.4, -0.2) is 48.3 Å². The minimum absolute atomic E-state index is 0.0105. The summed E-state index contributed by atoms with van der Waals surface area (Å²) in [5, 5.41) is 18.1. The maximum absolute atomic E-state index is 13.5. The quantitative estimate of drug-likeness (QED) is 0.130. The molecule has 0 fully saturated rings. The SMILES string of the molecule is CCOc1cc(OCCCCCCc2cccc(OCCCC(=O)O)c2CCC(=O)O)cc(-c2ccc3c(c2)OC(F)(F)O3)c1. The van der Waals surface area contributed by atoms with Gasteiger partial charge in [0.1, 0.15) is 17.2 Å². The molecule has 0 saturated carbocycles. The van der Waals surface area contributed by atoms with Crippen molar-refractivity contribution in [2.75, 3.05) is 19.8 Å². The second-order valence-electron chi connectivity index (χ2n) is 10.6. The van der Waals surface area contributed by atoms with Gasteiger partial charge in [-0.15, -0.1) is 8.78 Å². The maximum atomic E-state index is 13.5. The molecule has 11 heteroatoms. The third-order valence-corrected chi connectivity index (χ3v) is 7.15. The highest BCUT2D eigenvalue weighted by molar-refractivity contribution is 5.70. The highest BCUT2D eigenvalue weighted by Gasteiger charge is 2.43. The zero-order valence-corrected chi connectivity index (χ0v) is 25.2. The first-order valence-corrected chi connectivity index (χ1v) is 15.1. The van der Waals surface area contributed by atoms with E-state index in [1.165, 1.54) is 12.1 Å². The Bertz CT molecular complexity index is 1460. The van der Waals surface area contributed by atoms with Crippen LogP contribution in [0.15, 0.2) is 54.6 Å². The Morgan fingerprint density at radius 3 is 2.20 bits per heavy atom. The number of hydrogen-bond donors (Lipinski definition) is 2. The molecule has 1 aliphatic rings. The lowest BCUT2D eigenvalue weighted by molar-refractivity contribution is -0.286. The molecule has 2 N–H and O–H groups in total. The first-order chi connectivity index (χ1) is 21.6. The molecule has 0 unspecified atom stereocenters. The number of carboxylic acid groups (broad SMARTS) is 2. The Labute approximate surface area is 260 Å². The number of carboxylic acids is 2. The molecule has 1 aliphatic heterocycles. The van der Waals surface area contributed by atoms with E-state index in [0.29, 0.717) is 48.9 Å². The number of aryl methyl sites for hydroxylation is 1. The van der Waals surface area contributed by atoms with Crippen LogP contribution in [0.1, 0.15) is 63.0 Å². The average Bonchev–Trinajstić information content (AvgIpc) is 3.31. The van der Waals surface area contributed by atoms with Gasteiger partial charge in [0.15, 0.2) is 11.5 Å². The summed E-state index contributed by atoms with van der Waals surface area (Å²) >= 11 is 0. The topological polar surface area (TPSA) is 121 Å². The van der Waals surface area contributed by atoms with Crippen molar-refractivity contribution in [1.82, 2.24) is 0 Å². The van der Waals surface area contributed by atoms with Crippen LogP contribution in [0.4, 0.5) is 8.78 Å². The Balaban J connectivity index is 1.28. The van der Waals surface area contributed by atoms with Crippen molar-refractivity contribution in [1.29, 1.82) is 0 Å². The van der Waals surface area contributed by atoms with Crippen LogP contribution in [0.25, 0.3) is 11.1 Å². The number of halogens is 2. The third-order valence-electron chi connectivity index (χ3n) is 7.15. The molecule has 3 aromatic carbocycles. The van der Waals surface area contributed by atoms with Gasteiger partial charge in [0.25, 0.3) is 0 Å². The predicted octanol–water partition coefficient (Wildman–Crippen LogP) is 7.52. The van der Waals surface area contributed by atoms with Crippen molar-refractivity contribution < 1.29 is 52.3 Å². The zero-order chi connectivity index (χ0) is 32.2. The monoisotopic (exact) mass is 628 g/mol. The van der Waals surface area contributed by atoms with Gasteiger partial charge in [-0.2, -0.15) is 0 Å². The van der Waals surface area contributed by atoms with E-state index in [4.69, 9.17) is 19.3 Å². The number of alkyl halides is 2. The van der Waals surface area contributed by atoms with E-state index in [2.05, 4.69) is 9.47 Å². The Kier molecular flexibility index (Phi) is 11.8. The fraction of sp³-hybridized carbons (Fsp3) is 0.412. The van der Waals surface area contributed by atoms with Crippen LogP contribution < -0.4 is 23.7 Å². The lowest BCUT2D eigenvalue weighted by Gasteiger charge is -2.15. The van der Waals surface area contributed by atoms with E-state index >= 15 is 0 Å². The second-order valence-corrected chi connectivity index (χ2v) is 10.6. The van der Waals surface area contributed by atoms with Crippen molar-refractivity contribution in [3.63, 3.8) is 0 Å². The molecule has 0 radical (unpaired) electrons. The number of hydrogen-bond acceptors (Lipinski definition) is 7. The van der Waals surface area contributed by atoms with E-state index in [9.17, 15) is 23.5 Å². The fourth-order valence-corrected chi connectivity index (χ4v) is 5.06. The highest BCUT2D eigenvalue weighted by atomic mass is 19.3. The standard InChI is InChI=1S/C34H38F2O9/c1-2-41-26-19-25(24-13-15-30-31(21-24)45-34(35,36)44-30)20-27(22-26)42-17-6-4-3-5-9-23-10-7-11-29(28(23)14-16-33(39)40)43-18-8-12-32(37)38/h7,10-11,13,15,19-22H,2-6,8-9,12,14,16-18H2,1H3,(H,37,38)(H,39,40). The minimum Gasteiger partial charge on any atom is -0.494 e. The number of aliphatic carboxylic acids is 2. The van der Waals surface area contributed by atoms with Gasteiger partial charge in [-0.25, -0.2) is 0 Å². The summed E-state index contributed by atoms with van der Waals surface area (Å²) in [6, 6.07) is 15.7. The Morgan fingerprint density at radius 2 is 1.44 bits per heavy atom. The number of unbranched alkanes of at least 4 members (excludes halogenated alkanes) is 3. The van der Waals surface area contributed by atoms with Crippen LogP contribution in [0.2, 0.25) is 0 Å². The van der Waals surface area contributed by atoms with Gasteiger partial charge >= 0.3 is 18.2 Å². The van der Waals surface area contributed by atoms with Gasteiger partial charge in [-0.05, 0) is 91.6 Å². The molecule has 9 nitrogen and oxygen atoms in total. The van der Waals surface area contributed by atoms with Crippen molar-refractivity contribution in [2.45, 2.75) is 71.0 Å². The summed E-state index contributed by atoms with van der Waals surface area (Å²) in [7, 11) is 0. The lowest BCUT2D eigenvalue weighted by atomic mass is 9.97. The smallest absolute Gasteiger partial charge is 0.494 e. The van der Waals surface area contributed by atoms with Crippen molar-refractivity contribution in [3.8, 4) is 39.9 Å². The van der Waals surface area contributed by atoms with Crippen LogP contribution in [0.3, 0.4) is 0 Å². The molecule has 0 aliphatic carbocycles. The molecular weight excluding hydrogens is 590 g/mol. The molecular formula is C34H38F2O9. The molecule has 1 heterocycles. The van der Waals surface area contributed by atoms with Gasteiger partial charge in [0.05, 0.1) is 19.8 Å². The van der Waals surface area contributed by atoms with Gasteiger partial charge in [-0.1, -0.05) is 31.0 Å². The van der Waals surface area contributed by atoms with E-state index in [1.807, 2.05) is 31.2 Å². The summed E-state index contributed by atoms with van der Waals surface area (Å²) in [4.78, 5) is 22.0. The number of carbonyl (C=O) groups is 2. The van der Waals surface area contributed by atoms with Crippen LogP contribution in [0, 0.1) is 0 Å². The summed E-state index contributed by atoms with van der Waals surface area (Å²) in [5.74, 6) is -0.0222. The molecule has 0 atom stereocenters. The van der Waals surface area contributed by atoms with Gasteiger partial charge in [-0.3, -0.25) is 9.59 Å². The molecule has 242 valence electrons. The third kappa shape index (κ3) is 10.3. The number of fused-ring (bicyclic) bond motifs is 1. The fourth-order valence-electron chi connectivity index (χ4n) is 5.06. The van der Waals surface area contributed by atoms with Crippen LogP contribution in [-0.2, 0) is 22.4 Å². The van der Waals surface area contributed by atoms with Crippen LogP contribution in [0.5, 0.6) is 28.7 Å². The summed E-state index contributed by atoms with van der Waals surface area (Å²) in [6.07, 6.45) is 1.36. The molecule has 0 amide bonds. The van der Waals surface area contributed by atoms with Gasteiger partial charge in [0.2, 0.25) is 0 Å². The zero-order valence-electron chi connectivity index (χ0n) is 25.2. The molecule has 0 bridgehead atoms. The normalized spacial score (nSPS) is 13.0. The Hall–Kier alpha value is -4.54.